The van der Waals surface area contributed by atoms with E-state index in [2.05, 4.69) is 19.2 Å². The van der Waals surface area contributed by atoms with Crippen molar-refractivity contribution < 1.29 is 13.2 Å². The number of unbranched alkanes of at least 4 members (excludes halogenated alkanes) is 1. The average molecular weight is 266 g/mol. The molecule has 0 bridgehead atoms. The summed E-state index contributed by atoms with van der Waals surface area (Å²) in [6.07, 6.45) is -1.03. The molecule has 0 radical (unpaired) electrons. The quantitative estimate of drug-likeness (QED) is 0.743. The van der Waals surface area contributed by atoms with Crippen molar-refractivity contribution in [3.63, 3.8) is 0 Å². The first-order valence-electron chi connectivity index (χ1n) is 6.92. The third-order valence-electron chi connectivity index (χ3n) is 3.42. The maximum absolute atomic E-state index is 12.6. The highest BCUT2D eigenvalue weighted by atomic mass is 19.4. The van der Waals surface area contributed by atoms with Crippen LogP contribution in [0.3, 0.4) is 0 Å². The Bertz CT molecular complexity index is 229. The van der Waals surface area contributed by atoms with Crippen molar-refractivity contribution in [3.05, 3.63) is 0 Å². The number of nitrogens with zero attached hydrogens (tertiary/aromatic N) is 1. The minimum absolute atomic E-state index is 0.196. The number of nitrogens with one attached hydrogen (secondary N) is 1. The minimum Gasteiger partial charge on any atom is -0.315 e. The zero-order valence-electron chi connectivity index (χ0n) is 11.4. The summed E-state index contributed by atoms with van der Waals surface area (Å²) in [7, 11) is 0. The van der Waals surface area contributed by atoms with Crippen molar-refractivity contribution in [2.75, 3.05) is 26.2 Å². The van der Waals surface area contributed by atoms with Gasteiger partial charge in [0, 0.05) is 12.6 Å². The second-order valence-electron chi connectivity index (χ2n) is 5.50. The summed E-state index contributed by atoms with van der Waals surface area (Å²) in [6, 6.07) is 0.481. The second-order valence-corrected chi connectivity index (χ2v) is 5.50. The van der Waals surface area contributed by atoms with Gasteiger partial charge in [-0.15, -0.1) is 0 Å². The molecule has 1 saturated heterocycles. The molecule has 2 nitrogen and oxygen atoms in total. The third kappa shape index (κ3) is 6.05. The van der Waals surface area contributed by atoms with Crippen LogP contribution in [0.15, 0.2) is 0 Å². The Kier molecular flexibility index (Phi) is 6.43. The fourth-order valence-electron chi connectivity index (χ4n) is 2.38. The summed E-state index contributed by atoms with van der Waals surface area (Å²) in [5.74, 6) is -1.11. The molecule has 1 rings (SSSR count). The molecule has 1 unspecified atom stereocenters. The van der Waals surface area contributed by atoms with Gasteiger partial charge < -0.3 is 10.2 Å². The van der Waals surface area contributed by atoms with Gasteiger partial charge in [-0.1, -0.05) is 13.8 Å². The summed E-state index contributed by atoms with van der Waals surface area (Å²) in [6.45, 7) is 6.96. The van der Waals surface area contributed by atoms with E-state index in [-0.39, 0.29) is 6.54 Å². The third-order valence-corrected chi connectivity index (χ3v) is 3.42. The van der Waals surface area contributed by atoms with Crippen molar-refractivity contribution in [1.82, 2.24) is 10.2 Å². The molecule has 0 aromatic carbocycles. The monoisotopic (exact) mass is 266 g/mol. The number of halogens is 3. The van der Waals surface area contributed by atoms with Gasteiger partial charge in [-0.05, 0) is 45.3 Å². The normalized spacial score (nSPS) is 22.7. The Morgan fingerprint density at radius 2 is 2.00 bits per heavy atom. The van der Waals surface area contributed by atoms with Crippen LogP contribution in [0.1, 0.15) is 39.5 Å². The topological polar surface area (TPSA) is 15.3 Å². The van der Waals surface area contributed by atoms with Crippen LogP contribution in [-0.2, 0) is 0 Å². The summed E-state index contributed by atoms with van der Waals surface area (Å²) in [4.78, 5) is 1.97. The lowest BCUT2D eigenvalue weighted by Crippen LogP contribution is -2.42. The second kappa shape index (κ2) is 7.34. The van der Waals surface area contributed by atoms with E-state index in [9.17, 15) is 13.2 Å². The van der Waals surface area contributed by atoms with Gasteiger partial charge in [0.1, 0.15) is 0 Å². The zero-order valence-corrected chi connectivity index (χ0v) is 11.4. The van der Waals surface area contributed by atoms with Crippen molar-refractivity contribution >= 4 is 0 Å². The number of hydrogen-bond donors (Lipinski definition) is 1. The largest absolute Gasteiger partial charge is 0.393 e. The fourth-order valence-corrected chi connectivity index (χ4v) is 2.38. The molecule has 0 aromatic rings. The van der Waals surface area contributed by atoms with Crippen LogP contribution in [0.4, 0.5) is 13.2 Å². The van der Waals surface area contributed by atoms with Crippen molar-refractivity contribution in [1.29, 1.82) is 0 Å². The number of piperidine rings is 1. The number of hydrogen-bond acceptors (Lipinski definition) is 2. The van der Waals surface area contributed by atoms with Crippen molar-refractivity contribution in [3.8, 4) is 0 Å². The summed E-state index contributed by atoms with van der Waals surface area (Å²) < 4.78 is 37.8. The minimum atomic E-state index is -4.02. The van der Waals surface area contributed by atoms with E-state index in [1.807, 2.05) is 4.90 Å². The fraction of sp³-hybridized carbons (Fsp3) is 1.00. The van der Waals surface area contributed by atoms with E-state index < -0.39 is 12.1 Å². The van der Waals surface area contributed by atoms with Gasteiger partial charge >= 0.3 is 6.18 Å². The van der Waals surface area contributed by atoms with Crippen LogP contribution in [0.25, 0.3) is 0 Å². The lowest BCUT2D eigenvalue weighted by molar-refractivity contribution is -0.186. The predicted octanol–water partition coefficient (Wildman–Crippen LogP) is 3.04. The van der Waals surface area contributed by atoms with Gasteiger partial charge in [0.2, 0.25) is 0 Å². The molecule has 0 aliphatic carbocycles. The van der Waals surface area contributed by atoms with E-state index in [1.165, 1.54) is 0 Å². The average Bonchev–Trinajstić information content (AvgIpc) is 2.27. The lowest BCUT2D eigenvalue weighted by Gasteiger charge is -2.33. The lowest BCUT2D eigenvalue weighted by atomic mass is 9.97. The maximum Gasteiger partial charge on any atom is 0.393 e. The van der Waals surface area contributed by atoms with Gasteiger partial charge in [0.25, 0.3) is 0 Å². The van der Waals surface area contributed by atoms with E-state index in [1.54, 1.807) is 0 Å². The van der Waals surface area contributed by atoms with E-state index in [4.69, 9.17) is 0 Å². The Labute approximate surface area is 108 Å². The first-order chi connectivity index (χ1) is 8.39. The van der Waals surface area contributed by atoms with E-state index in [0.717, 1.165) is 32.5 Å². The summed E-state index contributed by atoms with van der Waals surface area (Å²) in [5.41, 5.74) is 0. The maximum atomic E-state index is 12.6. The smallest absolute Gasteiger partial charge is 0.315 e. The molecule has 0 saturated carbocycles. The molecule has 1 N–H and O–H groups in total. The Hall–Kier alpha value is -0.290. The SMILES string of the molecule is CC(C)NCCCCN1CCCC(C(F)(F)F)C1. The van der Waals surface area contributed by atoms with Gasteiger partial charge in [-0.2, -0.15) is 13.2 Å². The van der Waals surface area contributed by atoms with Crippen molar-refractivity contribution in [2.24, 2.45) is 5.92 Å². The highest BCUT2D eigenvalue weighted by Gasteiger charge is 2.41. The molecule has 1 aliphatic rings. The standard InChI is InChI=1S/C13H25F3N2/c1-11(2)17-7-3-4-8-18-9-5-6-12(10-18)13(14,15)16/h11-12,17H,3-10H2,1-2H3. The first-order valence-corrected chi connectivity index (χ1v) is 6.92. The van der Waals surface area contributed by atoms with Crippen LogP contribution in [0.5, 0.6) is 0 Å². The van der Waals surface area contributed by atoms with Gasteiger partial charge in [0.05, 0.1) is 5.92 Å². The molecule has 0 spiro atoms. The molecule has 1 heterocycles. The summed E-state index contributed by atoms with van der Waals surface area (Å²) in [5, 5.41) is 3.32. The molecular formula is C13H25F3N2. The molecule has 1 fully saturated rings. The van der Waals surface area contributed by atoms with Crippen LogP contribution in [0, 0.1) is 5.92 Å². The highest BCUT2D eigenvalue weighted by Crippen LogP contribution is 2.33. The predicted molar refractivity (Wildman–Crippen MR) is 67.6 cm³/mol. The molecule has 18 heavy (non-hydrogen) atoms. The van der Waals surface area contributed by atoms with E-state index in [0.29, 0.717) is 18.9 Å². The number of alkyl halides is 3. The molecule has 0 aromatic heterocycles. The van der Waals surface area contributed by atoms with Gasteiger partial charge in [0.15, 0.2) is 0 Å². The molecule has 5 heteroatoms. The molecule has 1 atom stereocenters. The first kappa shape index (κ1) is 15.8. The molecule has 0 amide bonds. The van der Waals surface area contributed by atoms with Gasteiger partial charge in [-0.25, -0.2) is 0 Å². The zero-order chi connectivity index (χ0) is 13.6. The van der Waals surface area contributed by atoms with Crippen LogP contribution in [0.2, 0.25) is 0 Å². The Morgan fingerprint density at radius 1 is 1.28 bits per heavy atom. The van der Waals surface area contributed by atoms with E-state index >= 15 is 0 Å². The molecular weight excluding hydrogens is 241 g/mol. The number of likely N-dealkylation sites (tertiary alicyclic amines) is 1. The molecule has 108 valence electrons. The Morgan fingerprint density at radius 3 is 2.61 bits per heavy atom. The van der Waals surface area contributed by atoms with Crippen LogP contribution >= 0.6 is 0 Å². The number of rotatable bonds is 6. The van der Waals surface area contributed by atoms with Crippen LogP contribution in [-0.4, -0.2) is 43.3 Å². The highest BCUT2D eigenvalue weighted by molar-refractivity contribution is 4.77. The Balaban J connectivity index is 2.15. The summed E-state index contributed by atoms with van der Waals surface area (Å²) >= 11 is 0. The molecule has 1 aliphatic heterocycles. The van der Waals surface area contributed by atoms with Gasteiger partial charge in [-0.3, -0.25) is 0 Å². The van der Waals surface area contributed by atoms with Crippen molar-refractivity contribution in [2.45, 2.75) is 51.7 Å². The van der Waals surface area contributed by atoms with Crippen LogP contribution < -0.4 is 5.32 Å².